The number of likely N-dealkylation sites (tertiary alicyclic amines) is 8. The zero-order chi connectivity index (χ0) is 99.7. The van der Waals surface area contributed by atoms with E-state index in [-0.39, 0.29) is 46.9 Å². The molecule has 8 heterocycles. The van der Waals surface area contributed by atoms with Gasteiger partial charge in [0.05, 0.1) is 71.4 Å². The summed E-state index contributed by atoms with van der Waals surface area (Å²) < 4.78 is 27.4. The van der Waals surface area contributed by atoms with Crippen LogP contribution in [0, 0.1) is 97.1 Å². The number of hydrogen-bond acceptors (Lipinski definition) is 15. The number of rotatable bonds is 28. The normalized spacial score (nSPS) is 22.5. The Balaban J connectivity index is 0.000000336. The fourth-order valence-electron chi connectivity index (χ4n) is 21.3. The molecule has 1 saturated carbocycles. The van der Waals surface area contributed by atoms with Crippen molar-refractivity contribution in [2.45, 2.75) is 418 Å². The summed E-state index contributed by atoms with van der Waals surface area (Å²) >= 11 is 0. The molecule has 19 nitrogen and oxygen atoms in total. The highest BCUT2D eigenvalue weighted by Gasteiger charge is 2.44. The molecule has 132 heavy (non-hydrogen) atoms. The maximum absolute atomic E-state index is 12.3. The van der Waals surface area contributed by atoms with Crippen LogP contribution in [0.1, 0.15) is 391 Å². The average molecular weight is 1870 g/mol. The average Bonchev–Trinajstić information content (AvgIpc) is 1.64. The van der Waals surface area contributed by atoms with Crippen LogP contribution < -0.4 is 10.6 Å². The molecule has 0 radical (unpaired) electrons. The van der Waals surface area contributed by atoms with Crippen molar-refractivity contribution in [1.29, 1.82) is 0 Å². The lowest BCUT2D eigenvalue weighted by molar-refractivity contribution is -0.143. The van der Waals surface area contributed by atoms with Crippen molar-refractivity contribution in [3.63, 3.8) is 0 Å². The van der Waals surface area contributed by atoms with Gasteiger partial charge in [-0.15, -0.1) is 0 Å². The summed E-state index contributed by atoms with van der Waals surface area (Å²) in [6.07, 6.45) is 27.4. The lowest BCUT2D eigenvalue weighted by Gasteiger charge is -2.41. The molecule has 9 aliphatic rings. The predicted molar refractivity (Wildman–Crippen MR) is 559 cm³/mol. The lowest BCUT2D eigenvalue weighted by atomic mass is 9.73. The highest BCUT2D eigenvalue weighted by atomic mass is 16.6. The molecular formula is C113H222N10O9. The number of nitrogens with zero attached hydrogens (tertiary/aromatic N) is 8. The fraction of sp³-hybridized carbons (Fsp3) is 0.965. The number of hydrogen-bond donors (Lipinski definition) is 2. The van der Waals surface area contributed by atoms with Crippen LogP contribution in [0.15, 0.2) is 0 Å². The Hall–Kier alpha value is -2.56. The van der Waals surface area contributed by atoms with E-state index < -0.39 is 0 Å². The minimum absolute atomic E-state index is 0.0101. The Morgan fingerprint density at radius 2 is 0.652 bits per heavy atom. The maximum atomic E-state index is 12.3. The first kappa shape index (κ1) is 122. The first-order valence-electron chi connectivity index (χ1n) is 54.1. The van der Waals surface area contributed by atoms with Gasteiger partial charge in [0.2, 0.25) is 23.6 Å². The largest absolute Gasteiger partial charge is 0.379 e. The molecule has 0 aromatic heterocycles. The van der Waals surface area contributed by atoms with E-state index in [0.29, 0.717) is 127 Å². The molecule has 2 N–H and O–H groups in total. The van der Waals surface area contributed by atoms with E-state index in [1.807, 2.05) is 56.2 Å². The zero-order valence-electron chi connectivity index (χ0n) is 94.1. The molecule has 0 spiro atoms. The van der Waals surface area contributed by atoms with Crippen LogP contribution in [0.25, 0.3) is 0 Å². The van der Waals surface area contributed by atoms with Crippen LogP contribution in [-0.2, 0) is 42.9 Å². The van der Waals surface area contributed by atoms with Crippen LogP contribution in [0.2, 0.25) is 0 Å². The topological polar surface area (TPSA) is 164 Å². The molecule has 8 saturated heterocycles. The molecular weight excluding hydrogens is 1640 g/mol. The third-order valence-electron chi connectivity index (χ3n) is 30.4. The van der Waals surface area contributed by atoms with E-state index in [0.717, 1.165) is 131 Å². The van der Waals surface area contributed by atoms with Crippen LogP contribution in [0.5, 0.6) is 0 Å². The second kappa shape index (κ2) is 55.7. The molecule has 0 bridgehead atoms. The molecule has 19 heteroatoms. The Labute approximate surface area is 817 Å². The SMILES string of the molecule is CC(C)(C)CC1CCC(CN2CCC(C(C)(C)C)CC2)CC1.CC(C)(C)CCCCN1CCC(C(C)(C)C)CC1.CC(C)(C)N1CCC(CN2CC3CN(C(C)(C)C)CC3C2)CC1.CC(C)(C)NC(=O)CCOCCOCCOCCOCCC(=O)N1CCC(C(C)(C)C)CC1.CC(C)(C)NCC(=O)N1CCC(C(C)(C)C)CC1.CC(C)(C)OCC(=O)N1CCC(C(C)(C)C)CC1. The summed E-state index contributed by atoms with van der Waals surface area (Å²) in [5.74, 6) is 9.39. The molecule has 1 aliphatic carbocycles. The van der Waals surface area contributed by atoms with Gasteiger partial charge in [0, 0.05) is 107 Å². The van der Waals surface area contributed by atoms with Gasteiger partial charge in [0.25, 0.3) is 0 Å². The summed E-state index contributed by atoms with van der Waals surface area (Å²) in [6.45, 7) is 109. The third-order valence-corrected chi connectivity index (χ3v) is 30.4. The summed E-state index contributed by atoms with van der Waals surface area (Å²) in [4.78, 5) is 67.6. The fourth-order valence-corrected chi connectivity index (χ4v) is 21.3. The Morgan fingerprint density at radius 1 is 0.311 bits per heavy atom. The van der Waals surface area contributed by atoms with Gasteiger partial charge in [-0.05, 0) is 356 Å². The van der Waals surface area contributed by atoms with Crippen molar-refractivity contribution in [2.75, 3.05) is 190 Å². The second-order valence-electron chi connectivity index (χ2n) is 55.3. The van der Waals surface area contributed by atoms with Crippen molar-refractivity contribution in [3.8, 4) is 0 Å². The number of ether oxygens (including phenoxy) is 5. The van der Waals surface area contributed by atoms with Crippen molar-refractivity contribution in [1.82, 2.24) is 49.8 Å². The number of piperidine rings is 6. The summed E-state index contributed by atoms with van der Waals surface area (Å²) in [6, 6.07) is 0. The van der Waals surface area contributed by atoms with Crippen LogP contribution in [0.4, 0.5) is 0 Å². The number of carbonyl (C=O) groups is 4. The standard InChI is InChI=1S/C25H48N2O6.C21H41N.C20H39N3.C17H35N.C15H30N2O.C15H29NO2/c1-24(2,3)21-7-11-27(12-8-21)23(29)10-14-31-16-18-33-20-19-32-17-15-30-13-9-22(28)26-25(4,5)6;1-20(2,3)15-17-7-9-18(10-8-17)16-22-13-11-19(12-14-22)21(4,5)6;1-19(2,3)22-9-7-16(8-10-22)11-21-12-17-14-23(20(4,5)6)15-18(17)13-21;1-16(2,3)11-7-8-12-18-13-9-15(10-14-18)17(4,5)6;1-14(2,3)12-7-9-17(10-8-12)13(18)11-16-15(4,5)6;1-14(2,3)12-7-9-16(10-8-12)13(17)11-18-15(4,5)6/h21H,7-20H2,1-6H3,(H,26,28);17-19H,7-16H2,1-6H3;16-18H,7-15H2,1-6H3;15H,7-14H2,1-6H3;12,16H,7-11H2,1-6H3;12H,7-11H2,1-6H3. The van der Waals surface area contributed by atoms with Gasteiger partial charge in [-0.2, -0.15) is 0 Å². The van der Waals surface area contributed by atoms with Gasteiger partial charge in [0.1, 0.15) is 6.61 Å². The molecule has 0 aromatic carbocycles. The molecule has 2 unspecified atom stereocenters. The maximum Gasteiger partial charge on any atom is 0.248 e. The first-order valence-corrected chi connectivity index (χ1v) is 54.1. The zero-order valence-corrected chi connectivity index (χ0v) is 94.1. The molecule has 0 aromatic rings. The number of fused-ring (bicyclic) bond motifs is 1. The quantitative estimate of drug-likeness (QED) is 0.0711. The van der Waals surface area contributed by atoms with Crippen LogP contribution >= 0.6 is 0 Å². The van der Waals surface area contributed by atoms with E-state index in [1.165, 1.54) is 175 Å². The Morgan fingerprint density at radius 3 is 1.01 bits per heavy atom. The molecule has 778 valence electrons. The highest BCUT2D eigenvalue weighted by molar-refractivity contribution is 5.79. The Bertz CT molecular complexity index is 3040. The van der Waals surface area contributed by atoms with Crippen molar-refractivity contribution < 1.29 is 42.9 Å². The monoisotopic (exact) mass is 1860 g/mol. The number of amides is 4. The second-order valence-corrected chi connectivity index (χ2v) is 55.3. The van der Waals surface area contributed by atoms with Crippen molar-refractivity contribution >= 4 is 23.6 Å². The first-order chi connectivity index (χ1) is 60.6. The van der Waals surface area contributed by atoms with Gasteiger partial charge < -0.3 is 63.7 Å². The van der Waals surface area contributed by atoms with Crippen molar-refractivity contribution in [2.24, 2.45) is 97.1 Å². The minimum atomic E-state index is -0.237. The number of nitrogens with one attached hydrogen (secondary N) is 2. The van der Waals surface area contributed by atoms with E-state index in [1.54, 1.807) is 0 Å². The Kier molecular flexibility index (Phi) is 51.4. The molecule has 2 atom stereocenters. The predicted octanol–water partition coefficient (Wildman–Crippen LogP) is 22.9. The lowest BCUT2D eigenvalue weighted by Crippen LogP contribution is -2.48. The third kappa shape index (κ3) is 52.8. The summed E-state index contributed by atoms with van der Waals surface area (Å²) in [5.41, 5.74) is 3.38. The molecule has 4 amide bonds. The molecule has 8 aliphatic heterocycles. The molecule has 9 rings (SSSR count). The van der Waals surface area contributed by atoms with Crippen molar-refractivity contribution in [3.05, 3.63) is 0 Å². The van der Waals surface area contributed by atoms with Crippen LogP contribution in [0.3, 0.4) is 0 Å². The van der Waals surface area contributed by atoms with Gasteiger partial charge in [0.15, 0.2) is 0 Å². The van der Waals surface area contributed by atoms with Gasteiger partial charge in [-0.25, -0.2) is 0 Å². The van der Waals surface area contributed by atoms with Gasteiger partial charge in [-0.3, -0.25) is 29.0 Å². The van der Waals surface area contributed by atoms with Gasteiger partial charge >= 0.3 is 0 Å². The number of unbranched alkanes of at least 4 members (excludes halogenated alkanes) is 1. The molecule has 9 fully saturated rings. The van der Waals surface area contributed by atoms with E-state index in [4.69, 9.17) is 23.7 Å². The van der Waals surface area contributed by atoms with E-state index in [2.05, 4.69) is 243 Å². The smallest absolute Gasteiger partial charge is 0.248 e. The van der Waals surface area contributed by atoms with Gasteiger partial charge in [-0.1, -0.05) is 165 Å². The minimum Gasteiger partial charge on any atom is -0.379 e. The van der Waals surface area contributed by atoms with E-state index in [9.17, 15) is 19.2 Å². The number of carbonyl (C=O) groups excluding carboxylic acids is 4. The highest BCUT2D eigenvalue weighted by Crippen LogP contribution is 2.43. The summed E-state index contributed by atoms with van der Waals surface area (Å²) in [5, 5.41) is 6.16. The van der Waals surface area contributed by atoms with Crippen LogP contribution in [-0.4, -0.2) is 281 Å². The summed E-state index contributed by atoms with van der Waals surface area (Å²) in [7, 11) is 0. The van der Waals surface area contributed by atoms with E-state index >= 15 is 0 Å².